The minimum atomic E-state index is -4.91. The van der Waals surface area contributed by atoms with Crippen LogP contribution in [0.5, 0.6) is 0 Å². The summed E-state index contributed by atoms with van der Waals surface area (Å²) < 4.78 is 77.8. The second-order valence-corrected chi connectivity index (χ2v) is 6.87. The molecule has 0 saturated heterocycles. The number of nitrogens with one attached hydrogen (secondary N) is 1. The molecule has 0 aliphatic carbocycles. The molecule has 8 heteroatoms. The maximum Gasteiger partial charge on any atom is 0.419 e. The Morgan fingerprint density at radius 3 is 2.21 bits per heavy atom. The van der Waals surface area contributed by atoms with E-state index in [1.807, 2.05) is 11.6 Å². The molecular formula is C16H15F4NO2S. The first-order chi connectivity index (χ1) is 11.1. The fraction of sp³-hybridized carbons (Fsp3) is 0.250. The fourth-order valence-corrected chi connectivity index (χ4v) is 3.19. The number of benzene rings is 2. The minimum Gasteiger partial charge on any atom is -0.280 e. The lowest BCUT2D eigenvalue weighted by atomic mass is 10.1. The van der Waals surface area contributed by atoms with Crippen LogP contribution in [0.2, 0.25) is 0 Å². The first-order valence-corrected chi connectivity index (χ1v) is 8.60. The van der Waals surface area contributed by atoms with Crippen LogP contribution in [-0.4, -0.2) is 8.42 Å². The Morgan fingerprint density at radius 1 is 1.04 bits per heavy atom. The van der Waals surface area contributed by atoms with Crippen LogP contribution in [0.15, 0.2) is 47.4 Å². The molecule has 0 saturated carbocycles. The van der Waals surface area contributed by atoms with Gasteiger partial charge in [-0.3, -0.25) is 4.72 Å². The van der Waals surface area contributed by atoms with E-state index in [-0.39, 0.29) is 10.6 Å². The Kier molecular flexibility index (Phi) is 5.17. The third-order valence-corrected chi connectivity index (χ3v) is 4.69. The smallest absolute Gasteiger partial charge is 0.280 e. The predicted octanol–water partition coefficient (Wildman–Crippen LogP) is 4.60. The summed E-state index contributed by atoms with van der Waals surface area (Å²) in [5.74, 6) is -1.46. The quantitative estimate of drug-likeness (QED) is 0.792. The van der Waals surface area contributed by atoms with Crippen molar-refractivity contribution in [2.45, 2.75) is 30.8 Å². The van der Waals surface area contributed by atoms with E-state index < -0.39 is 27.6 Å². The van der Waals surface area contributed by atoms with Gasteiger partial charge in [-0.2, -0.15) is 13.2 Å². The van der Waals surface area contributed by atoms with Crippen LogP contribution in [0.25, 0.3) is 0 Å². The van der Waals surface area contributed by atoms with E-state index in [0.29, 0.717) is 12.1 Å². The van der Waals surface area contributed by atoms with Crippen molar-refractivity contribution in [1.29, 1.82) is 0 Å². The van der Waals surface area contributed by atoms with Crippen molar-refractivity contribution >= 4 is 15.7 Å². The van der Waals surface area contributed by atoms with Gasteiger partial charge in [0.2, 0.25) is 0 Å². The molecule has 2 aromatic rings. The SMILES string of the molecule is CCCc1ccc(S(=O)(=O)Nc2ccc(F)c(C(F)(F)F)c2)cc1. The summed E-state index contributed by atoms with van der Waals surface area (Å²) in [4.78, 5) is -0.0831. The number of aryl methyl sites for hydroxylation is 1. The zero-order valence-corrected chi connectivity index (χ0v) is 13.5. The van der Waals surface area contributed by atoms with E-state index in [1.165, 1.54) is 12.1 Å². The van der Waals surface area contributed by atoms with Crippen LogP contribution in [0, 0.1) is 5.82 Å². The highest BCUT2D eigenvalue weighted by Gasteiger charge is 2.34. The molecule has 0 radical (unpaired) electrons. The topological polar surface area (TPSA) is 46.2 Å². The molecule has 24 heavy (non-hydrogen) atoms. The second kappa shape index (κ2) is 6.80. The van der Waals surface area contributed by atoms with Gasteiger partial charge in [0.05, 0.1) is 10.5 Å². The molecule has 1 N–H and O–H groups in total. The van der Waals surface area contributed by atoms with E-state index in [2.05, 4.69) is 0 Å². The molecule has 130 valence electrons. The lowest BCUT2D eigenvalue weighted by molar-refractivity contribution is -0.139. The van der Waals surface area contributed by atoms with Gasteiger partial charge in [0, 0.05) is 5.69 Å². The molecule has 3 nitrogen and oxygen atoms in total. The molecule has 2 aromatic carbocycles. The average molecular weight is 361 g/mol. The molecule has 0 aromatic heterocycles. The summed E-state index contributed by atoms with van der Waals surface area (Å²) in [6, 6.07) is 7.98. The van der Waals surface area contributed by atoms with Crippen molar-refractivity contribution in [3.05, 3.63) is 59.4 Å². The van der Waals surface area contributed by atoms with Crippen LogP contribution in [0.4, 0.5) is 23.2 Å². The Hall–Kier alpha value is -2.09. The van der Waals surface area contributed by atoms with Crippen molar-refractivity contribution in [2.75, 3.05) is 4.72 Å². The van der Waals surface area contributed by atoms with Crippen LogP contribution in [0.1, 0.15) is 24.5 Å². The molecule has 0 atom stereocenters. The predicted molar refractivity (Wildman–Crippen MR) is 82.6 cm³/mol. The summed E-state index contributed by atoms with van der Waals surface area (Å²) in [7, 11) is -4.06. The van der Waals surface area contributed by atoms with Crippen molar-refractivity contribution in [3.8, 4) is 0 Å². The zero-order chi connectivity index (χ0) is 18.0. The molecule has 0 spiro atoms. The minimum absolute atomic E-state index is 0.0831. The lowest BCUT2D eigenvalue weighted by Crippen LogP contribution is -2.15. The van der Waals surface area contributed by atoms with Crippen LogP contribution in [-0.2, 0) is 22.6 Å². The molecule has 0 bridgehead atoms. The van der Waals surface area contributed by atoms with E-state index in [0.717, 1.165) is 24.5 Å². The van der Waals surface area contributed by atoms with Gasteiger partial charge < -0.3 is 0 Å². The zero-order valence-electron chi connectivity index (χ0n) is 12.7. The highest BCUT2D eigenvalue weighted by molar-refractivity contribution is 7.92. The van der Waals surface area contributed by atoms with E-state index in [9.17, 15) is 26.0 Å². The standard InChI is InChI=1S/C16H15F4NO2S/c1-2-3-11-4-7-13(8-5-11)24(22,23)21-12-6-9-15(17)14(10-12)16(18,19)20/h4-10,21H,2-3H2,1H3. The van der Waals surface area contributed by atoms with Gasteiger partial charge in [0.1, 0.15) is 5.82 Å². The van der Waals surface area contributed by atoms with Gasteiger partial charge in [0.25, 0.3) is 10.0 Å². The van der Waals surface area contributed by atoms with Gasteiger partial charge in [-0.25, -0.2) is 12.8 Å². The summed E-state index contributed by atoms with van der Waals surface area (Å²) in [5.41, 5.74) is -0.931. The first-order valence-electron chi connectivity index (χ1n) is 7.12. The van der Waals surface area contributed by atoms with Gasteiger partial charge >= 0.3 is 6.18 Å². The number of anilines is 1. The average Bonchev–Trinajstić information content (AvgIpc) is 2.49. The Morgan fingerprint density at radius 2 is 1.67 bits per heavy atom. The van der Waals surface area contributed by atoms with Gasteiger partial charge in [-0.1, -0.05) is 25.5 Å². The monoisotopic (exact) mass is 361 g/mol. The number of rotatable bonds is 5. The third kappa shape index (κ3) is 4.25. The normalized spacial score (nSPS) is 12.2. The molecule has 0 fully saturated rings. The number of sulfonamides is 1. The maximum atomic E-state index is 13.2. The maximum absolute atomic E-state index is 13.2. The molecular weight excluding hydrogens is 346 g/mol. The highest BCUT2D eigenvalue weighted by atomic mass is 32.2. The third-order valence-electron chi connectivity index (χ3n) is 3.30. The summed E-state index contributed by atoms with van der Waals surface area (Å²) in [6.45, 7) is 1.99. The number of hydrogen-bond donors (Lipinski definition) is 1. The van der Waals surface area contributed by atoms with Crippen LogP contribution >= 0.6 is 0 Å². The van der Waals surface area contributed by atoms with Crippen molar-refractivity contribution in [3.63, 3.8) is 0 Å². The molecule has 0 aliphatic rings. The Balaban J connectivity index is 2.29. The molecule has 0 amide bonds. The lowest BCUT2D eigenvalue weighted by Gasteiger charge is -2.12. The second-order valence-electron chi connectivity index (χ2n) is 5.19. The summed E-state index contributed by atoms with van der Waals surface area (Å²) in [6.07, 6.45) is -3.21. The Bertz CT molecular complexity index is 815. The van der Waals surface area contributed by atoms with Crippen molar-refractivity contribution in [1.82, 2.24) is 0 Å². The highest BCUT2D eigenvalue weighted by Crippen LogP contribution is 2.33. The van der Waals surface area contributed by atoms with Crippen molar-refractivity contribution < 1.29 is 26.0 Å². The van der Waals surface area contributed by atoms with Gasteiger partial charge in [0.15, 0.2) is 0 Å². The molecule has 0 aliphatic heterocycles. The largest absolute Gasteiger partial charge is 0.419 e. The van der Waals surface area contributed by atoms with E-state index in [4.69, 9.17) is 0 Å². The molecule has 2 rings (SSSR count). The number of hydrogen-bond acceptors (Lipinski definition) is 2. The van der Waals surface area contributed by atoms with E-state index in [1.54, 1.807) is 12.1 Å². The van der Waals surface area contributed by atoms with E-state index >= 15 is 0 Å². The first kappa shape index (κ1) is 18.3. The van der Waals surface area contributed by atoms with Gasteiger partial charge in [-0.15, -0.1) is 0 Å². The van der Waals surface area contributed by atoms with Gasteiger partial charge in [-0.05, 0) is 42.3 Å². The Labute approximate surface area is 137 Å². The summed E-state index contributed by atoms with van der Waals surface area (Å²) >= 11 is 0. The summed E-state index contributed by atoms with van der Waals surface area (Å²) in [5, 5.41) is 0. The number of halogens is 4. The molecule has 0 heterocycles. The molecule has 0 unspecified atom stereocenters. The fourth-order valence-electron chi connectivity index (χ4n) is 2.14. The van der Waals surface area contributed by atoms with Crippen LogP contribution in [0.3, 0.4) is 0 Å². The number of alkyl halides is 3. The van der Waals surface area contributed by atoms with Crippen molar-refractivity contribution in [2.24, 2.45) is 0 Å². The van der Waals surface area contributed by atoms with Crippen LogP contribution < -0.4 is 4.72 Å².